The second-order valence-electron chi connectivity index (χ2n) is 5.91. The van der Waals surface area contributed by atoms with Crippen molar-refractivity contribution < 1.29 is 5.11 Å². The van der Waals surface area contributed by atoms with Crippen LogP contribution in [0.1, 0.15) is 39.0 Å². The standard InChI is InChI=1S/C13H22O/c1-2-8-3-11-9-5-10(7-14)12(6-9)13(11)4-8/h8-14H,2-7H2,1H3. The average Bonchev–Trinajstić information content (AvgIpc) is 2.87. The van der Waals surface area contributed by atoms with Crippen molar-refractivity contribution in [1.29, 1.82) is 0 Å². The van der Waals surface area contributed by atoms with Crippen LogP contribution in [-0.4, -0.2) is 11.7 Å². The maximum atomic E-state index is 9.33. The van der Waals surface area contributed by atoms with Crippen LogP contribution in [0.25, 0.3) is 0 Å². The van der Waals surface area contributed by atoms with Crippen LogP contribution >= 0.6 is 0 Å². The first-order valence-corrected chi connectivity index (χ1v) is 6.44. The van der Waals surface area contributed by atoms with E-state index in [9.17, 15) is 5.11 Å². The molecular weight excluding hydrogens is 172 g/mol. The van der Waals surface area contributed by atoms with Crippen LogP contribution in [-0.2, 0) is 0 Å². The maximum Gasteiger partial charge on any atom is 0.0462 e. The largest absolute Gasteiger partial charge is 0.396 e. The van der Waals surface area contributed by atoms with Crippen molar-refractivity contribution in [3.05, 3.63) is 0 Å². The molecule has 0 heterocycles. The minimum atomic E-state index is 0.460. The van der Waals surface area contributed by atoms with E-state index in [0.29, 0.717) is 12.5 Å². The van der Waals surface area contributed by atoms with Gasteiger partial charge < -0.3 is 5.11 Å². The van der Waals surface area contributed by atoms with Crippen LogP contribution in [0.3, 0.4) is 0 Å². The van der Waals surface area contributed by atoms with Crippen molar-refractivity contribution in [3.63, 3.8) is 0 Å². The van der Waals surface area contributed by atoms with E-state index in [1.807, 2.05) is 0 Å². The summed E-state index contributed by atoms with van der Waals surface area (Å²) in [5.41, 5.74) is 0. The molecule has 3 rings (SSSR count). The summed E-state index contributed by atoms with van der Waals surface area (Å²) in [6.45, 7) is 2.80. The molecule has 1 heteroatoms. The number of hydrogen-bond acceptors (Lipinski definition) is 1. The molecule has 3 fully saturated rings. The fourth-order valence-corrected chi connectivity index (χ4v) is 4.87. The smallest absolute Gasteiger partial charge is 0.0462 e. The van der Waals surface area contributed by atoms with E-state index in [0.717, 1.165) is 29.6 Å². The minimum absolute atomic E-state index is 0.460. The third-order valence-corrected chi connectivity index (χ3v) is 5.51. The van der Waals surface area contributed by atoms with Gasteiger partial charge in [-0.3, -0.25) is 0 Å². The van der Waals surface area contributed by atoms with Crippen molar-refractivity contribution in [3.8, 4) is 0 Å². The molecular formula is C13H22O. The molecule has 2 bridgehead atoms. The quantitative estimate of drug-likeness (QED) is 0.716. The monoisotopic (exact) mass is 194 g/mol. The maximum absolute atomic E-state index is 9.33. The van der Waals surface area contributed by atoms with Crippen LogP contribution in [0.15, 0.2) is 0 Å². The first kappa shape index (κ1) is 9.21. The average molecular weight is 194 g/mol. The second-order valence-corrected chi connectivity index (χ2v) is 5.91. The summed E-state index contributed by atoms with van der Waals surface area (Å²) in [5, 5.41) is 9.33. The lowest BCUT2D eigenvalue weighted by molar-refractivity contribution is 0.121. The highest BCUT2D eigenvalue weighted by Gasteiger charge is 2.55. The Bertz CT molecular complexity index is 223. The second kappa shape index (κ2) is 3.23. The summed E-state index contributed by atoms with van der Waals surface area (Å²) in [4.78, 5) is 0. The van der Waals surface area contributed by atoms with E-state index in [-0.39, 0.29) is 0 Å². The molecule has 0 spiro atoms. The van der Waals surface area contributed by atoms with Crippen molar-refractivity contribution in [1.82, 2.24) is 0 Å². The van der Waals surface area contributed by atoms with Gasteiger partial charge in [0.15, 0.2) is 0 Å². The molecule has 6 unspecified atom stereocenters. The number of hydrogen-bond donors (Lipinski definition) is 1. The Hall–Kier alpha value is -0.0400. The lowest BCUT2D eigenvalue weighted by Gasteiger charge is -2.30. The Morgan fingerprint density at radius 1 is 1.00 bits per heavy atom. The predicted molar refractivity (Wildman–Crippen MR) is 56.8 cm³/mol. The van der Waals surface area contributed by atoms with Crippen LogP contribution < -0.4 is 0 Å². The lowest BCUT2D eigenvalue weighted by Crippen LogP contribution is -2.26. The predicted octanol–water partition coefficient (Wildman–Crippen LogP) is 2.69. The van der Waals surface area contributed by atoms with Gasteiger partial charge in [0.05, 0.1) is 0 Å². The van der Waals surface area contributed by atoms with Gasteiger partial charge in [-0.05, 0) is 61.2 Å². The highest BCUT2D eigenvalue weighted by molar-refractivity contribution is 5.04. The zero-order valence-corrected chi connectivity index (χ0v) is 9.15. The van der Waals surface area contributed by atoms with E-state index in [1.165, 1.54) is 32.1 Å². The molecule has 0 radical (unpaired) electrons. The highest BCUT2D eigenvalue weighted by Crippen LogP contribution is 2.62. The summed E-state index contributed by atoms with van der Waals surface area (Å²) in [7, 11) is 0. The first-order chi connectivity index (χ1) is 6.83. The van der Waals surface area contributed by atoms with Gasteiger partial charge in [-0.25, -0.2) is 0 Å². The topological polar surface area (TPSA) is 20.2 Å². The van der Waals surface area contributed by atoms with E-state index in [2.05, 4.69) is 6.92 Å². The molecule has 0 aromatic heterocycles. The molecule has 0 amide bonds. The van der Waals surface area contributed by atoms with Gasteiger partial charge in [-0.2, -0.15) is 0 Å². The minimum Gasteiger partial charge on any atom is -0.396 e. The third kappa shape index (κ3) is 1.11. The van der Waals surface area contributed by atoms with Gasteiger partial charge in [0, 0.05) is 6.61 Å². The van der Waals surface area contributed by atoms with Gasteiger partial charge in [0.1, 0.15) is 0 Å². The van der Waals surface area contributed by atoms with Gasteiger partial charge in [0.2, 0.25) is 0 Å². The Labute approximate surface area is 86.9 Å². The Balaban J connectivity index is 1.75. The van der Waals surface area contributed by atoms with Gasteiger partial charge >= 0.3 is 0 Å². The summed E-state index contributed by atoms with van der Waals surface area (Å²) in [6, 6.07) is 0. The summed E-state index contributed by atoms with van der Waals surface area (Å²) >= 11 is 0. The van der Waals surface area contributed by atoms with Gasteiger partial charge in [-0.15, -0.1) is 0 Å². The van der Waals surface area contributed by atoms with E-state index in [1.54, 1.807) is 0 Å². The normalized spacial score (nSPS) is 55.3. The summed E-state index contributed by atoms with van der Waals surface area (Å²) < 4.78 is 0. The molecule has 3 saturated carbocycles. The zero-order chi connectivity index (χ0) is 9.71. The number of fused-ring (bicyclic) bond motifs is 5. The molecule has 0 aromatic rings. The van der Waals surface area contributed by atoms with Crippen molar-refractivity contribution >= 4 is 0 Å². The number of aliphatic hydroxyl groups excluding tert-OH is 1. The fraction of sp³-hybridized carbons (Fsp3) is 1.00. The molecule has 3 aliphatic rings. The first-order valence-electron chi connectivity index (χ1n) is 6.44. The van der Waals surface area contributed by atoms with Crippen LogP contribution in [0.2, 0.25) is 0 Å². The molecule has 0 aliphatic heterocycles. The Kier molecular flexibility index (Phi) is 2.12. The summed E-state index contributed by atoms with van der Waals surface area (Å²) in [6.07, 6.45) is 7.19. The summed E-state index contributed by atoms with van der Waals surface area (Å²) in [5.74, 6) is 5.68. The van der Waals surface area contributed by atoms with Crippen LogP contribution in [0.4, 0.5) is 0 Å². The molecule has 0 saturated heterocycles. The van der Waals surface area contributed by atoms with E-state index >= 15 is 0 Å². The Morgan fingerprint density at radius 3 is 2.50 bits per heavy atom. The molecule has 6 atom stereocenters. The van der Waals surface area contributed by atoms with Crippen molar-refractivity contribution in [2.24, 2.45) is 35.5 Å². The van der Waals surface area contributed by atoms with E-state index in [4.69, 9.17) is 0 Å². The van der Waals surface area contributed by atoms with Gasteiger partial charge in [-0.1, -0.05) is 13.3 Å². The third-order valence-electron chi connectivity index (χ3n) is 5.51. The molecule has 3 aliphatic carbocycles. The molecule has 14 heavy (non-hydrogen) atoms. The number of aliphatic hydroxyl groups is 1. The Morgan fingerprint density at radius 2 is 1.79 bits per heavy atom. The van der Waals surface area contributed by atoms with Crippen LogP contribution in [0.5, 0.6) is 0 Å². The fourth-order valence-electron chi connectivity index (χ4n) is 4.87. The van der Waals surface area contributed by atoms with Gasteiger partial charge in [0.25, 0.3) is 0 Å². The van der Waals surface area contributed by atoms with E-state index < -0.39 is 0 Å². The molecule has 1 nitrogen and oxygen atoms in total. The number of rotatable bonds is 2. The highest BCUT2D eigenvalue weighted by atomic mass is 16.3. The lowest BCUT2D eigenvalue weighted by atomic mass is 9.76. The van der Waals surface area contributed by atoms with Crippen molar-refractivity contribution in [2.45, 2.75) is 39.0 Å². The molecule has 0 aromatic carbocycles. The van der Waals surface area contributed by atoms with Crippen LogP contribution in [0, 0.1) is 35.5 Å². The molecule has 80 valence electrons. The van der Waals surface area contributed by atoms with Crippen molar-refractivity contribution in [2.75, 3.05) is 6.61 Å². The SMILES string of the molecule is CCC1CC2C3CC(CO)C(C3)C2C1. The molecule has 1 N–H and O–H groups in total. The zero-order valence-electron chi connectivity index (χ0n) is 9.15.